The summed E-state index contributed by atoms with van der Waals surface area (Å²) in [6.45, 7) is 9.55. The van der Waals surface area contributed by atoms with Gasteiger partial charge in [-0.2, -0.15) is 5.26 Å². The van der Waals surface area contributed by atoms with E-state index in [2.05, 4.69) is 37.1 Å². The molecule has 2 saturated heterocycles. The van der Waals surface area contributed by atoms with E-state index in [-0.39, 0.29) is 36.4 Å². The number of benzene rings is 1. The largest absolute Gasteiger partial charge is 0.475 e. The van der Waals surface area contributed by atoms with Crippen molar-refractivity contribution in [3.05, 3.63) is 36.1 Å². The van der Waals surface area contributed by atoms with Gasteiger partial charge in [0.1, 0.15) is 18.1 Å². The highest BCUT2D eigenvalue weighted by Crippen LogP contribution is 2.55. The molecule has 12 heteroatoms. The number of furan rings is 1. The van der Waals surface area contributed by atoms with Crippen LogP contribution < -0.4 is 5.32 Å². The molecule has 220 valence electrons. The smallest absolute Gasteiger partial charge is 0.464 e. The van der Waals surface area contributed by atoms with E-state index in [1.807, 2.05) is 24.3 Å². The second kappa shape index (κ2) is 12.0. The Balaban J connectivity index is 1.20. The summed E-state index contributed by atoms with van der Waals surface area (Å²) in [4.78, 5) is 30.4. The van der Waals surface area contributed by atoms with Gasteiger partial charge in [0.2, 0.25) is 5.91 Å². The molecule has 0 radical (unpaired) electrons. The molecule has 3 N–H and O–H groups in total. The fourth-order valence-electron chi connectivity index (χ4n) is 6.73. The molecule has 6 atom stereocenters. The zero-order chi connectivity index (χ0) is 29.3. The normalized spacial score (nSPS) is 25.7. The van der Waals surface area contributed by atoms with Gasteiger partial charge in [0.15, 0.2) is 0 Å². The van der Waals surface area contributed by atoms with Gasteiger partial charge in [-0.05, 0) is 56.1 Å². The molecule has 2 aliphatic heterocycles. The highest BCUT2D eigenvalue weighted by Gasteiger charge is 2.60. The second-order valence-corrected chi connectivity index (χ2v) is 12.2. The van der Waals surface area contributed by atoms with Gasteiger partial charge in [0.25, 0.3) is 0 Å². The maximum absolute atomic E-state index is 13.6. The number of nitrogens with zero attached hydrogens (tertiary/aromatic N) is 3. The highest BCUT2D eigenvalue weighted by molar-refractivity contribution is 6.43. The minimum Gasteiger partial charge on any atom is -0.464 e. The second-order valence-electron chi connectivity index (χ2n) is 12.2. The molecule has 3 aliphatic rings. The number of likely N-dealkylation sites (tertiary alicyclic amines) is 1. The molecule has 1 unspecified atom stereocenters. The van der Waals surface area contributed by atoms with Crippen molar-refractivity contribution in [1.29, 1.82) is 5.26 Å². The Morgan fingerprint density at radius 2 is 2.00 bits per heavy atom. The maximum atomic E-state index is 13.6. The molecule has 2 amide bonds. The van der Waals surface area contributed by atoms with Crippen LogP contribution in [0.1, 0.15) is 32.8 Å². The van der Waals surface area contributed by atoms with Gasteiger partial charge in [-0.25, -0.2) is 4.79 Å². The molecule has 2 aromatic rings. The fraction of sp³-hybridized carbons (Fsp3) is 0.621. The lowest BCUT2D eigenvalue weighted by atomic mass is 9.76. The van der Waals surface area contributed by atoms with Gasteiger partial charge in [-0.3, -0.25) is 9.69 Å². The first-order valence-corrected chi connectivity index (χ1v) is 14.4. The number of amides is 2. The van der Waals surface area contributed by atoms with Crippen molar-refractivity contribution in [2.45, 2.75) is 51.1 Å². The maximum Gasteiger partial charge on any atom is 0.475 e. The van der Waals surface area contributed by atoms with Crippen molar-refractivity contribution >= 4 is 30.1 Å². The number of carbonyl (C=O) groups excluding carboxylic acids is 2. The summed E-state index contributed by atoms with van der Waals surface area (Å²) in [6.07, 6.45) is 1.26. The first-order chi connectivity index (χ1) is 19.6. The fourth-order valence-corrected chi connectivity index (χ4v) is 6.73. The highest BCUT2D eigenvalue weighted by atomic mass is 16.5. The Morgan fingerprint density at radius 1 is 1.27 bits per heavy atom. The summed E-state index contributed by atoms with van der Waals surface area (Å²) in [6, 6.07) is 9.29. The number of fused-ring (bicyclic) bond motifs is 2. The van der Waals surface area contributed by atoms with E-state index in [1.165, 1.54) is 6.26 Å². The van der Waals surface area contributed by atoms with E-state index in [9.17, 15) is 24.9 Å². The molecule has 0 spiro atoms. The van der Waals surface area contributed by atoms with Crippen LogP contribution in [0.4, 0.5) is 4.79 Å². The predicted octanol–water partition coefficient (Wildman–Crippen LogP) is 1.82. The van der Waals surface area contributed by atoms with Crippen LogP contribution >= 0.6 is 0 Å². The zero-order valence-corrected chi connectivity index (χ0v) is 23.9. The van der Waals surface area contributed by atoms with Crippen molar-refractivity contribution in [3.8, 4) is 6.07 Å². The standard InChI is InChI=1S/C29H39BN4O7/c1-18-22-15-34(27(35)20(14-31)13-29(2,3)33-8-10-39-11-9-33)23(26(18)22)17-41-28(36)32-25(30(37)38)12-19-16-40-24-7-5-4-6-21(19)24/h4-7,16,18,20,22-23,25-26,37-38H,8-13,15,17H2,1-3H3,(H,32,36)/t18-,20?,22+,23-,25-,26-/m0/s1. The van der Waals surface area contributed by atoms with Crippen LogP contribution in [0, 0.1) is 35.0 Å². The monoisotopic (exact) mass is 566 g/mol. The Kier molecular flexibility index (Phi) is 8.61. The van der Waals surface area contributed by atoms with Crippen molar-refractivity contribution in [2.75, 3.05) is 39.5 Å². The Hall–Kier alpha value is -3.11. The van der Waals surface area contributed by atoms with Crippen molar-refractivity contribution in [3.63, 3.8) is 0 Å². The number of ether oxygens (including phenoxy) is 2. The summed E-state index contributed by atoms with van der Waals surface area (Å²) in [5, 5.41) is 33.3. The zero-order valence-electron chi connectivity index (χ0n) is 23.9. The van der Waals surface area contributed by atoms with Crippen LogP contribution in [0.2, 0.25) is 0 Å². The number of morpholine rings is 1. The van der Waals surface area contributed by atoms with E-state index in [0.717, 1.165) is 24.0 Å². The third kappa shape index (κ3) is 6.23. The number of alkyl carbamates (subject to hydrolysis) is 1. The number of nitriles is 1. The van der Waals surface area contributed by atoms with Gasteiger partial charge >= 0.3 is 13.2 Å². The molecule has 1 saturated carbocycles. The average molecular weight is 566 g/mol. The number of carbonyl (C=O) groups is 2. The van der Waals surface area contributed by atoms with Gasteiger partial charge in [0.05, 0.1) is 37.5 Å². The summed E-state index contributed by atoms with van der Waals surface area (Å²) in [7, 11) is -1.82. The molecule has 3 fully saturated rings. The lowest BCUT2D eigenvalue weighted by Crippen LogP contribution is -2.53. The predicted molar refractivity (Wildman–Crippen MR) is 150 cm³/mol. The first-order valence-electron chi connectivity index (χ1n) is 14.4. The SMILES string of the molecule is C[C@H]1[C@H]2CN(C(=O)C(C#N)CC(C)(C)N3CCOCC3)[C@@H](COC(=O)N[C@@H](Cc3coc4ccccc34)B(O)O)[C@@H]12. The van der Waals surface area contributed by atoms with E-state index >= 15 is 0 Å². The van der Waals surface area contributed by atoms with Crippen LogP contribution in [0.3, 0.4) is 0 Å². The molecule has 5 rings (SSSR count). The van der Waals surface area contributed by atoms with E-state index in [4.69, 9.17) is 13.9 Å². The lowest BCUT2D eigenvalue weighted by Gasteiger charge is -2.42. The number of nitrogens with one attached hydrogen (secondary N) is 1. The minimum atomic E-state index is -1.82. The third-order valence-corrected chi connectivity index (χ3v) is 9.25. The molecule has 0 bridgehead atoms. The van der Waals surface area contributed by atoms with E-state index in [0.29, 0.717) is 43.6 Å². The van der Waals surface area contributed by atoms with E-state index < -0.39 is 25.1 Å². The summed E-state index contributed by atoms with van der Waals surface area (Å²) in [5.41, 5.74) is 1.05. The minimum absolute atomic E-state index is 0.0308. The van der Waals surface area contributed by atoms with Gasteiger partial charge in [-0.1, -0.05) is 25.1 Å². The number of hydrogen-bond acceptors (Lipinski definition) is 9. The number of rotatable bonds is 10. The average Bonchev–Trinajstić information content (AvgIpc) is 3.27. The molecule has 1 aliphatic carbocycles. The molecule has 11 nitrogen and oxygen atoms in total. The molecule has 3 heterocycles. The summed E-state index contributed by atoms with van der Waals surface area (Å²) < 4.78 is 16.5. The van der Waals surface area contributed by atoms with Gasteiger partial charge in [-0.15, -0.1) is 0 Å². The van der Waals surface area contributed by atoms with Crippen molar-refractivity contribution in [2.24, 2.45) is 23.7 Å². The number of piperidine rings is 1. The quantitative estimate of drug-likeness (QED) is 0.366. The van der Waals surface area contributed by atoms with Crippen LogP contribution in [0.5, 0.6) is 0 Å². The summed E-state index contributed by atoms with van der Waals surface area (Å²) >= 11 is 0. The first kappa shape index (κ1) is 29.4. The number of hydrogen-bond donors (Lipinski definition) is 3. The van der Waals surface area contributed by atoms with Crippen molar-refractivity contribution in [1.82, 2.24) is 15.1 Å². The van der Waals surface area contributed by atoms with Crippen LogP contribution in [0.25, 0.3) is 11.0 Å². The van der Waals surface area contributed by atoms with Gasteiger partial charge in [0, 0.05) is 30.6 Å². The third-order valence-electron chi connectivity index (χ3n) is 9.25. The molecular weight excluding hydrogens is 527 g/mol. The molecule has 1 aromatic carbocycles. The van der Waals surface area contributed by atoms with Crippen LogP contribution in [-0.2, 0) is 20.7 Å². The van der Waals surface area contributed by atoms with Crippen LogP contribution in [-0.4, -0.2) is 95.9 Å². The van der Waals surface area contributed by atoms with Crippen LogP contribution in [0.15, 0.2) is 34.9 Å². The lowest BCUT2D eigenvalue weighted by molar-refractivity contribution is -0.137. The number of para-hydroxylation sites is 1. The Bertz CT molecular complexity index is 1290. The topological polar surface area (TPSA) is 148 Å². The van der Waals surface area contributed by atoms with Crippen molar-refractivity contribution < 1.29 is 33.5 Å². The Labute approximate surface area is 240 Å². The molecular formula is C29H39BN4O7. The molecule has 1 aromatic heterocycles. The van der Waals surface area contributed by atoms with E-state index in [1.54, 1.807) is 4.90 Å². The van der Waals surface area contributed by atoms with Gasteiger partial charge < -0.3 is 34.2 Å². The Morgan fingerprint density at radius 3 is 2.71 bits per heavy atom. The summed E-state index contributed by atoms with van der Waals surface area (Å²) in [5.74, 6) is -1.13. The molecule has 41 heavy (non-hydrogen) atoms.